The van der Waals surface area contributed by atoms with Gasteiger partial charge >= 0.3 is 5.97 Å². The van der Waals surface area contributed by atoms with Gasteiger partial charge in [-0.15, -0.1) is 0 Å². The van der Waals surface area contributed by atoms with Crippen molar-refractivity contribution in [3.63, 3.8) is 0 Å². The normalized spacial score (nSPS) is 14.0. The van der Waals surface area contributed by atoms with Crippen molar-refractivity contribution in [2.75, 3.05) is 40.3 Å². The molecule has 0 bridgehead atoms. The summed E-state index contributed by atoms with van der Waals surface area (Å²) in [5, 5.41) is 2.82. The van der Waals surface area contributed by atoms with Gasteiger partial charge in [0.25, 0.3) is 0 Å². The van der Waals surface area contributed by atoms with Gasteiger partial charge in [0.1, 0.15) is 0 Å². The number of ether oxygens (including phenoxy) is 1. The van der Waals surface area contributed by atoms with Crippen molar-refractivity contribution in [1.29, 1.82) is 0 Å². The van der Waals surface area contributed by atoms with Crippen molar-refractivity contribution in [3.05, 3.63) is 0 Å². The second-order valence-corrected chi connectivity index (χ2v) is 5.07. The van der Waals surface area contributed by atoms with Crippen LogP contribution < -0.4 is 5.32 Å². The summed E-state index contributed by atoms with van der Waals surface area (Å²) in [6, 6.07) is 0.289. The molecule has 114 valence electrons. The van der Waals surface area contributed by atoms with E-state index >= 15 is 0 Å². The van der Waals surface area contributed by atoms with Gasteiger partial charge < -0.3 is 15.0 Å². The van der Waals surface area contributed by atoms with E-state index in [1.54, 1.807) is 25.9 Å². The third-order valence-corrected chi connectivity index (χ3v) is 2.86. The summed E-state index contributed by atoms with van der Waals surface area (Å²) in [6.45, 7) is 2.23. The van der Waals surface area contributed by atoms with Crippen molar-refractivity contribution < 1.29 is 19.1 Å². The van der Waals surface area contributed by atoms with Crippen molar-refractivity contribution in [1.82, 2.24) is 15.1 Å². The molecule has 1 N–H and O–H groups in total. The summed E-state index contributed by atoms with van der Waals surface area (Å²) in [4.78, 5) is 37.6. The van der Waals surface area contributed by atoms with Crippen LogP contribution >= 0.6 is 0 Å². The lowest BCUT2D eigenvalue weighted by molar-refractivity contribution is -0.145. The standard InChI is InChI=1S/C13H23N3O4/c1-4-20-13(19)9-15(2)8-12(18)16(3)7-11(17)14-10-5-6-10/h10H,4-9H2,1-3H3,(H,14,17). The lowest BCUT2D eigenvalue weighted by Crippen LogP contribution is -2.43. The van der Waals surface area contributed by atoms with Gasteiger partial charge in [0, 0.05) is 13.1 Å². The summed E-state index contributed by atoms with van der Waals surface area (Å²) >= 11 is 0. The molecule has 1 aliphatic rings. The number of amides is 2. The highest BCUT2D eigenvalue weighted by atomic mass is 16.5. The molecule has 7 heteroatoms. The van der Waals surface area contributed by atoms with Gasteiger partial charge in [-0.05, 0) is 26.8 Å². The second kappa shape index (κ2) is 7.84. The molecular weight excluding hydrogens is 262 g/mol. The molecule has 0 aromatic carbocycles. The Morgan fingerprint density at radius 3 is 2.35 bits per heavy atom. The first-order valence-electron chi connectivity index (χ1n) is 6.79. The van der Waals surface area contributed by atoms with Gasteiger partial charge in [-0.3, -0.25) is 19.3 Å². The number of hydrogen-bond acceptors (Lipinski definition) is 5. The molecule has 0 aromatic heterocycles. The third-order valence-electron chi connectivity index (χ3n) is 2.86. The smallest absolute Gasteiger partial charge is 0.320 e. The van der Waals surface area contributed by atoms with Crippen molar-refractivity contribution in [3.8, 4) is 0 Å². The molecule has 0 aromatic rings. The van der Waals surface area contributed by atoms with E-state index < -0.39 is 0 Å². The van der Waals surface area contributed by atoms with Gasteiger partial charge in [0.05, 0.1) is 26.2 Å². The maximum atomic E-state index is 11.9. The number of nitrogens with one attached hydrogen (secondary N) is 1. The van der Waals surface area contributed by atoms with E-state index in [0.717, 1.165) is 12.8 Å². The molecule has 7 nitrogen and oxygen atoms in total. The molecule has 20 heavy (non-hydrogen) atoms. The van der Waals surface area contributed by atoms with Crippen LogP contribution in [-0.4, -0.2) is 74.0 Å². The Hall–Kier alpha value is -1.63. The first-order valence-corrected chi connectivity index (χ1v) is 6.79. The van der Waals surface area contributed by atoms with E-state index in [4.69, 9.17) is 4.74 Å². The van der Waals surface area contributed by atoms with E-state index in [0.29, 0.717) is 6.61 Å². The van der Waals surface area contributed by atoms with Gasteiger partial charge in [-0.1, -0.05) is 0 Å². The van der Waals surface area contributed by atoms with Crippen LogP contribution in [-0.2, 0) is 19.1 Å². The number of nitrogens with zero attached hydrogens (tertiary/aromatic N) is 2. The third kappa shape index (κ3) is 6.51. The van der Waals surface area contributed by atoms with Crippen LogP contribution in [0.1, 0.15) is 19.8 Å². The van der Waals surface area contributed by atoms with E-state index in [1.165, 1.54) is 4.90 Å². The Morgan fingerprint density at radius 2 is 1.80 bits per heavy atom. The highest BCUT2D eigenvalue weighted by Gasteiger charge is 2.24. The van der Waals surface area contributed by atoms with Crippen LogP contribution in [0.25, 0.3) is 0 Å². The number of esters is 1. The first kappa shape index (κ1) is 16.4. The second-order valence-electron chi connectivity index (χ2n) is 5.07. The molecule has 0 spiro atoms. The SMILES string of the molecule is CCOC(=O)CN(C)CC(=O)N(C)CC(=O)NC1CC1. The fourth-order valence-corrected chi connectivity index (χ4v) is 1.64. The van der Waals surface area contributed by atoms with Crippen LogP contribution in [0.2, 0.25) is 0 Å². The van der Waals surface area contributed by atoms with E-state index in [1.807, 2.05) is 0 Å². The summed E-state index contributed by atoms with van der Waals surface area (Å²) in [5.41, 5.74) is 0. The number of hydrogen-bond donors (Lipinski definition) is 1. The van der Waals surface area contributed by atoms with Crippen molar-refractivity contribution >= 4 is 17.8 Å². The Bertz CT molecular complexity index is 369. The number of carbonyl (C=O) groups excluding carboxylic acids is 3. The minimum absolute atomic E-state index is 0.0442. The van der Waals surface area contributed by atoms with Gasteiger partial charge in [-0.2, -0.15) is 0 Å². The zero-order valence-electron chi connectivity index (χ0n) is 12.3. The average Bonchev–Trinajstić information content (AvgIpc) is 3.12. The first-order chi connectivity index (χ1) is 9.42. The molecule has 1 fully saturated rings. The van der Waals surface area contributed by atoms with Crippen molar-refractivity contribution in [2.24, 2.45) is 0 Å². The molecule has 1 saturated carbocycles. The van der Waals surface area contributed by atoms with E-state index in [9.17, 15) is 14.4 Å². The molecule has 2 amide bonds. The summed E-state index contributed by atoms with van der Waals surface area (Å²) in [7, 11) is 3.24. The maximum Gasteiger partial charge on any atom is 0.320 e. The van der Waals surface area contributed by atoms with Crippen LogP contribution in [0, 0.1) is 0 Å². The highest BCUT2D eigenvalue weighted by Crippen LogP contribution is 2.18. The molecular formula is C13H23N3O4. The van der Waals surface area contributed by atoms with Crippen LogP contribution in [0.15, 0.2) is 0 Å². The molecule has 1 rings (SSSR count). The Balaban J connectivity index is 2.25. The molecule has 0 radical (unpaired) electrons. The number of carbonyl (C=O) groups is 3. The van der Waals surface area contributed by atoms with Crippen LogP contribution in [0.5, 0.6) is 0 Å². The van der Waals surface area contributed by atoms with Crippen LogP contribution in [0.4, 0.5) is 0 Å². The topological polar surface area (TPSA) is 79.0 Å². The lowest BCUT2D eigenvalue weighted by atomic mass is 10.4. The molecule has 0 heterocycles. The summed E-state index contributed by atoms with van der Waals surface area (Å²) in [6.07, 6.45) is 2.04. The quantitative estimate of drug-likeness (QED) is 0.592. The molecule has 0 atom stereocenters. The number of rotatable bonds is 8. The fourth-order valence-electron chi connectivity index (χ4n) is 1.64. The van der Waals surface area contributed by atoms with Gasteiger partial charge in [0.15, 0.2) is 0 Å². The summed E-state index contributed by atoms with van der Waals surface area (Å²) < 4.78 is 4.80. The Morgan fingerprint density at radius 1 is 1.15 bits per heavy atom. The molecule has 0 aliphatic heterocycles. The Labute approximate surface area is 119 Å². The number of likely N-dealkylation sites (N-methyl/N-ethyl adjacent to an activating group) is 2. The van der Waals surface area contributed by atoms with Crippen LogP contribution in [0.3, 0.4) is 0 Å². The highest BCUT2D eigenvalue weighted by molar-refractivity contribution is 5.86. The predicted molar refractivity (Wildman–Crippen MR) is 72.9 cm³/mol. The Kier molecular flexibility index (Phi) is 6.44. The average molecular weight is 285 g/mol. The molecule has 0 unspecified atom stereocenters. The van der Waals surface area contributed by atoms with E-state index in [-0.39, 0.29) is 43.5 Å². The monoisotopic (exact) mass is 285 g/mol. The van der Waals surface area contributed by atoms with Gasteiger partial charge in [0.2, 0.25) is 11.8 Å². The lowest BCUT2D eigenvalue weighted by Gasteiger charge is -2.21. The minimum atomic E-state index is -0.364. The molecule has 1 aliphatic carbocycles. The zero-order chi connectivity index (χ0) is 15.1. The minimum Gasteiger partial charge on any atom is -0.465 e. The summed E-state index contributed by atoms with van der Waals surface area (Å²) in [5.74, 6) is -0.712. The maximum absolute atomic E-state index is 11.9. The van der Waals surface area contributed by atoms with E-state index in [2.05, 4.69) is 5.32 Å². The molecule has 0 saturated heterocycles. The van der Waals surface area contributed by atoms with Gasteiger partial charge in [-0.25, -0.2) is 0 Å². The largest absolute Gasteiger partial charge is 0.465 e. The van der Waals surface area contributed by atoms with Crippen molar-refractivity contribution in [2.45, 2.75) is 25.8 Å². The zero-order valence-corrected chi connectivity index (χ0v) is 12.3. The predicted octanol–water partition coefficient (Wildman–Crippen LogP) is -0.782. The fraction of sp³-hybridized carbons (Fsp3) is 0.769.